The number of carbonyl (C=O) groups excluding carboxylic acids is 2. The first kappa shape index (κ1) is 25.3. The molecule has 0 bridgehead atoms. The first-order chi connectivity index (χ1) is 16.3. The fourth-order valence-electron chi connectivity index (χ4n) is 4.57. The van der Waals surface area contributed by atoms with Crippen molar-refractivity contribution >= 4 is 18.0 Å². The van der Waals surface area contributed by atoms with Crippen LogP contribution in [0, 0.1) is 5.92 Å². The van der Waals surface area contributed by atoms with Gasteiger partial charge in [0.05, 0.1) is 6.42 Å². The highest BCUT2D eigenvalue weighted by atomic mass is 16.5. The molecule has 0 heterocycles. The Labute approximate surface area is 200 Å². The zero-order chi connectivity index (χ0) is 24.7. The van der Waals surface area contributed by atoms with Gasteiger partial charge in [-0.3, -0.25) is 9.59 Å². The van der Waals surface area contributed by atoms with E-state index in [1.54, 1.807) is 0 Å². The Hall–Kier alpha value is -3.35. The molecule has 2 atom stereocenters. The molecule has 2 aromatic rings. The van der Waals surface area contributed by atoms with Crippen LogP contribution in [-0.2, 0) is 14.3 Å². The molecule has 2 amide bonds. The summed E-state index contributed by atoms with van der Waals surface area (Å²) in [5.74, 6) is -1.28. The number of alkyl carbamates (subject to hydrolysis) is 1. The molecule has 2 aromatic carbocycles. The van der Waals surface area contributed by atoms with Gasteiger partial charge in [0, 0.05) is 12.0 Å². The van der Waals surface area contributed by atoms with Crippen molar-refractivity contribution < 1.29 is 24.2 Å². The number of ether oxygens (including phenoxy) is 1. The largest absolute Gasteiger partial charge is 0.481 e. The van der Waals surface area contributed by atoms with E-state index in [1.165, 1.54) is 0 Å². The number of carboxylic acid groups (broad SMARTS) is 1. The van der Waals surface area contributed by atoms with Crippen molar-refractivity contribution in [1.82, 2.24) is 10.6 Å². The van der Waals surface area contributed by atoms with E-state index in [9.17, 15) is 14.4 Å². The van der Waals surface area contributed by atoms with Gasteiger partial charge in [-0.25, -0.2) is 4.79 Å². The summed E-state index contributed by atoms with van der Waals surface area (Å²) in [4.78, 5) is 36.7. The first-order valence-corrected chi connectivity index (χ1v) is 11.9. The van der Waals surface area contributed by atoms with Gasteiger partial charge in [0.1, 0.15) is 12.6 Å². The van der Waals surface area contributed by atoms with Gasteiger partial charge < -0.3 is 20.5 Å². The third kappa shape index (κ3) is 6.37. The molecule has 3 N–H and O–H groups in total. The van der Waals surface area contributed by atoms with Crippen LogP contribution in [0.5, 0.6) is 0 Å². The minimum absolute atomic E-state index is 0.0694. The summed E-state index contributed by atoms with van der Waals surface area (Å²) in [5.41, 5.74) is 4.52. The molecule has 182 valence electrons. The Kier molecular flexibility index (Phi) is 8.68. The number of nitrogens with one attached hydrogen (secondary N) is 2. The quantitative estimate of drug-likeness (QED) is 0.445. The van der Waals surface area contributed by atoms with E-state index in [-0.39, 0.29) is 30.8 Å². The standard InChI is InChI=1S/C27H34N2O5/c1-4-9-18(15-25(30)31)28-26(32)24(14-17(2)3)29-27(33)34-16-23-21-12-7-5-10-19(21)20-11-6-8-13-22(20)23/h5-8,10-13,17-18,23-24H,4,9,14-16H2,1-3H3,(H,28,32)(H,29,33)(H,30,31)/t18-,24+/m1/s1. The summed E-state index contributed by atoms with van der Waals surface area (Å²) in [6.07, 6.45) is 0.901. The highest BCUT2D eigenvalue weighted by Crippen LogP contribution is 2.44. The van der Waals surface area contributed by atoms with Crippen LogP contribution in [0.15, 0.2) is 48.5 Å². The Morgan fingerprint density at radius 3 is 2.09 bits per heavy atom. The van der Waals surface area contributed by atoms with Gasteiger partial charge in [0.15, 0.2) is 0 Å². The van der Waals surface area contributed by atoms with Crippen molar-refractivity contribution in [3.8, 4) is 11.1 Å². The number of aliphatic carboxylic acids is 1. The lowest BCUT2D eigenvalue weighted by molar-refractivity contribution is -0.137. The van der Waals surface area contributed by atoms with Crippen LogP contribution >= 0.6 is 0 Å². The number of carboxylic acids is 1. The molecule has 1 aliphatic rings. The average Bonchev–Trinajstić information content (AvgIpc) is 3.10. The lowest BCUT2D eigenvalue weighted by Crippen LogP contribution is -2.50. The monoisotopic (exact) mass is 466 g/mol. The molecule has 0 saturated carbocycles. The van der Waals surface area contributed by atoms with Crippen LogP contribution in [0.4, 0.5) is 4.79 Å². The summed E-state index contributed by atoms with van der Waals surface area (Å²) >= 11 is 0. The molecule has 34 heavy (non-hydrogen) atoms. The average molecular weight is 467 g/mol. The number of fused-ring (bicyclic) bond motifs is 3. The van der Waals surface area contributed by atoms with Crippen molar-refractivity contribution in [3.63, 3.8) is 0 Å². The maximum absolute atomic E-state index is 12.9. The van der Waals surface area contributed by atoms with E-state index in [2.05, 4.69) is 22.8 Å². The van der Waals surface area contributed by atoms with E-state index in [0.717, 1.165) is 28.7 Å². The molecule has 0 spiro atoms. The molecule has 0 saturated heterocycles. The van der Waals surface area contributed by atoms with Crippen molar-refractivity contribution in [3.05, 3.63) is 59.7 Å². The van der Waals surface area contributed by atoms with E-state index in [1.807, 2.05) is 57.2 Å². The van der Waals surface area contributed by atoms with Gasteiger partial charge in [-0.15, -0.1) is 0 Å². The van der Waals surface area contributed by atoms with Crippen molar-refractivity contribution in [1.29, 1.82) is 0 Å². The Morgan fingerprint density at radius 2 is 1.56 bits per heavy atom. The normalized spacial score (nSPS) is 14.1. The van der Waals surface area contributed by atoms with Crippen LogP contribution in [-0.4, -0.2) is 41.8 Å². The lowest BCUT2D eigenvalue weighted by atomic mass is 9.98. The zero-order valence-electron chi connectivity index (χ0n) is 20.0. The van der Waals surface area contributed by atoms with E-state index in [0.29, 0.717) is 12.8 Å². The number of rotatable bonds is 11. The Morgan fingerprint density at radius 1 is 0.971 bits per heavy atom. The zero-order valence-corrected chi connectivity index (χ0v) is 20.0. The molecule has 7 nitrogen and oxygen atoms in total. The molecule has 0 aromatic heterocycles. The predicted octanol–water partition coefficient (Wildman–Crippen LogP) is 4.70. The minimum atomic E-state index is -0.969. The van der Waals surface area contributed by atoms with Crippen LogP contribution in [0.25, 0.3) is 11.1 Å². The number of benzene rings is 2. The number of carbonyl (C=O) groups is 3. The fourth-order valence-corrected chi connectivity index (χ4v) is 4.57. The topological polar surface area (TPSA) is 105 Å². The first-order valence-electron chi connectivity index (χ1n) is 11.9. The van der Waals surface area contributed by atoms with Gasteiger partial charge in [0.2, 0.25) is 5.91 Å². The van der Waals surface area contributed by atoms with Crippen LogP contribution in [0.2, 0.25) is 0 Å². The molecule has 0 aliphatic heterocycles. The van der Waals surface area contributed by atoms with Crippen LogP contribution < -0.4 is 10.6 Å². The van der Waals surface area contributed by atoms with Crippen LogP contribution in [0.1, 0.15) is 63.5 Å². The molecule has 1 aliphatic carbocycles. The third-order valence-electron chi connectivity index (χ3n) is 6.06. The summed E-state index contributed by atoms with van der Waals surface area (Å²) in [5, 5.41) is 14.6. The highest BCUT2D eigenvalue weighted by Gasteiger charge is 2.30. The summed E-state index contributed by atoms with van der Waals surface area (Å²) < 4.78 is 5.59. The molecular weight excluding hydrogens is 432 g/mol. The summed E-state index contributed by atoms with van der Waals surface area (Å²) in [7, 11) is 0. The van der Waals surface area contributed by atoms with Crippen LogP contribution in [0.3, 0.4) is 0 Å². The van der Waals surface area contributed by atoms with Gasteiger partial charge in [-0.1, -0.05) is 75.7 Å². The molecule has 7 heteroatoms. The Balaban J connectivity index is 1.65. The second-order valence-corrected chi connectivity index (χ2v) is 9.24. The van der Waals surface area contributed by atoms with Gasteiger partial charge in [-0.05, 0) is 41.0 Å². The SMILES string of the molecule is CCC[C@H](CC(=O)O)NC(=O)[C@H](CC(C)C)NC(=O)OCC1c2ccccc2-c2ccccc21. The molecule has 0 fully saturated rings. The lowest BCUT2D eigenvalue weighted by Gasteiger charge is -2.24. The molecular formula is C27H34N2O5. The highest BCUT2D eigenvalue weighted by molar-refractivity contribution is 5.86. The molecule has 3 rings (SSSR count). The van der Waals surface area contributed by atoms with Gasteiger partial charge >= 0.3 is 12.1 Å². The van der Waals surface area contributed by atoms with Gasteiger partial charge in [-0.2, -0.15) is 0 Å². The second-order valence-electron chi connectivity index (χ2n) is 9.24. The maximum Gasteiger partial charge on any atom is 0.407 e. The van der Waals surface area contributed by atoms with Crippen molar-refractivity contribution in [2.75, 3.05) is 6.61 Å². The van der Waals surface area contributed by atoms with Gasteiger partial charge in [0.25, 0.3) is 0 Å². The summed E-state index contributed by atoms with van der Waals surface area (Å²) in [6.45, 7) is 6.01. The smallest absolute Gasteiger partial charge is 0.407 e. The molecule has 0 radical (unpaired) electrons. The maximum atomic E-state index is 12.9. The van der Waals surface area contributed by atoms with E-state index >= 15 is 0 Å². The Bertz CT molecular complexity index is 974. The minimum Gasteiger partial charge on any atom is -0.481 e. The summed E-state index contributed by atoms with van der Waals surface area (Å²) in [6, 6.07) is 14.9. The fraction of sp³-hybridized carbons (Fsp3) is 0.444. The number of hydrogen-bond donors (Lipinski definition) is 3. The third-order valence-corrected chi connectivity index (χ3v) is 6.06. The number of amides is 2. The van der Waals surface area contributed by atoms with E-state index in [4.69, 9.17) is 9.84 Å². The van der Waals surface area contributed by atoms with Crippen molar-refractivity contribution in [2.45, 2.75) is 64.5 Å². The molecule has 0 unspecified atom stereocenters. The predicted molar refractivity (Wildman–Crippen MR) is 131 cm³/mol. The number of hydrogen-bond acceptors (Lipinski definition) is 4. The second kappa shape index (κ2) is 11.7. The van der Waals surface area contributed by atoms with Crippen molar-refractivity contribution in [2.24, 2.45) is 5.92 Å². The van der Waals surface area contributed by atoms with E-state index < -0.39 is 24.1 Å².